The molecule has 0 radical (unpaired) electrons. The van der Waals surface area contributed by atoms with E-state index in [2.05, 4.69) is 17.6 Å². The molecule has 2 aromatic rings. The first-order valence-electron chi connectivity index (χ1n) is 2.98. The van der Waals surface area contributed by atoms with Gasteiger partial charge in [0.15, 0.2) is 0 Å². The van der Waals surface area contributed by atoms with Crippen LogP contribution in [0.1, 0.15) is 0 Å². The van der Waals surface area contributed by atoms with E-state index >= 15 is 0 Å². The minimum atomic E-state index is 0.938. The number of thiol groups is 1. The summed E-state index contributed by atoms with van der Waals surface area (Å²) in [6, 6.07) is 3.81. The largest absolute Gasteiger partial charge is 0.307 e. The predicted octanol–water partition coefficient (Wildman–Crippen LogP) is 1.62. The number of rotatable bonds is 0. The fourth-order valence-electron chi connectivity index (χ4n) is 0.927. The molecule has 2 nitrogen and oxygen atoms in total. The van der Waals surface area contributed by atoms with E-state index in [1.54, 1.807) is 6.20 Å². The van der Waals surface area contributed by atoms with Gasteiger partial charge in [-0.25, -0.2) is 4.98 Å². The molecule has 0 aliphatic heterocycles. The Balaban J connectivity index is 2.88. The highest BCUT2D eigenvalue weighted by atomic mass is 32.1. The molecule has 0 atom stereocenters. The lowest BCUT2D eigenvalue weighted by Gasteiger charge is -1.87. The van der Waals surface area contributed by atoms with Crippen LogP contribution >= 0.6 is 12.6 Å². The molecule has 0 amide bonds. The fraction of sp³-hybridized carbons (Fsp3) is 0. The van der Waals surface area contributed by atoms with Crippen molar-refractivity contribution in [1.82, 2.24) is 9.38 Å². The van der Waals surface area contributed by atoms with Gasteiger partial charge in [0.2, 0.25) is 0 Å². The molecule has 10 heavy (non-hydrogen) atoms. The van der Waals surface area contributed by atoms with Gasteiger partial charge in [-0.3, -0.25) is 0 Å². The highest BCUT2D eigenvalue weighted by molar-refractivity contribution is 7.80. The van der Waals surface area contributed by atoms with E-state index in [-0.39, 0.29) is 0 Å². The first-order valence-corrected chi connectivity index (χ1v) is 3.43. The maximum atomic E-state index is 4.18. The second kappa shape index (κ2) is 2.02. The second-order valence-electron chi connectivity index (χ2n) is 2.08. The Morgan fingerprint density at radius 2 is 2.40 bits per heavy atom. The lowest BCUT2D eigenvalue weighted by atomic mass is 10.6. The van der Waals surface area contributed by atoms with E-state index in [0.29, 0.717) is 0 Å². The number of hydrogen-bond acceptors (Lipinski definition) is 2. The summed E-state index contributed by atoms with van der Waals surface area (Å²) in [7, 11) is 0. The summed E-state index contributed by atoms with van der Waals surface area (Å²) in [5, 5.41) is 0. The summed E-state index contributed by atoms with van der Waals surface area (Å²) in [6.45, 7) is 0. The zero-order valence-corrected chi connectivity index (χ0v) is 6.12. The molecule has 0 fully saturated rings. The Hall–Kier alpha value is -0.960. The Morgan fingerprint density at radius 1 is 1.50 bits per heavy atom. The first kappa shape index (κ1) is 5.80. The number of fused-ring (bicyclic) bond motifs is 1. The van der Waals surface area contributed by atoms with Crippen LogP contribution in [0.2, 0.25) is 0 Å². The molecule has 0 saturated carbocycles. The Kier molecular flexibility index (Phi) is 1.17. The summed E-state index contributed by atoms with van der Waals surface area (Å²) in [4.78, 5) is 5.06. The van der Waals surface area contributed by atoms with E-state index in [0.717, 1.165) is 10.5 Å². The average Bonchev–Trinajstić information content (AvgIpc) is 2.27. The van der Waals surface area contributed by atoms with Crippen molar-refractivity contribution in [2.75, 3.05) is 0 Å². The zero-order chi connectivity index (χ0) is 6.97. The smallest absolute Gasteiger partial charge is 0.137 e. The van der Waals surface area contributed by atoms with Crippen molar-refractivity contribution in [1.29, 1.82) is 0 Å². The molecule has 2 heterocycles. The van der Waals surface area contributed by atoms with Crippen LogP contribution in [0, 0.1) is 0 Å². The molecule has 0 N–H and O–H groups in total. The summed E-state index contributed by atoms with van der Waals surface area (Å²) in [5.74, 6) is 0. The zero-order valence-electron chi connectivity index (χ0n) is 5.23. The Morgan fingerprint density at radius 3 is 3.20 bits per heavy atom. The van der Waals surface area contributed by atoms with E-state index < -0.39 is 0 Å². The molecule has 2 aromatic heterocycles. The van der Waals surface area contributed by atoms with Gasteiger partial charge >= 0.3 is 0 Å². The van der Waals surface area contributed by atoms with E-state index in [4.69, 9.17) is 0 Å². The first-order chi connectivity index (χ1) is 4.86. The van der Waals surface area contributed by atoms with Gasteiger partial charge in [-0.15, -0.1) is 12.6 Å². The molecule has 0 aliphatic rings. The highest BCUT2D eigenvalue weighted by Gasteiger charge is 1.92. The maximum Gasteiger partial charge on any atom is 0.137 e. The van der Waals surface area contributed by atoms with Gasteiger partial charge in [-0.1, -0.05) is 0 Å². The predicted molar refractivity (Wildman–Crippen MR) is 42.4 cm³/mol. The molecule has 0 aliphatic carbocycles. The molecule has 50 valence electrons. The molecular weight excluding hydrogens is 144 g/mol. The van der Waals surface area contributed by atoms with Crippen LogP contribution in [0.5, 0.6) is 0 Å². The molecular formula is C7H6N2S. The average molecular weight is 150 g/mol. The maximum absolute atomic E-state index is 4.18. The van der Waals surface area contributed by atoms with Crippen LogP contribution < -0.4 is 0 Å². The Labute approximate surface area is 63.9 Å². The van der Waals surface area contributed by atoms with Gasteiger partial charge in [0, 0.05) is 23.5 Å². The standard InChI is InChI=1S/C7H6N2S/c10-6-4-7-8-2-1-3-9(7)5-6/h1-5,10H. The van der Waals surface area contributed by atoms with Gasteiger partial charge in [-0.05, 0) is 12.1 Å². The number of hydrogen-bond donors (Lipinski definition) is 1. The summed E-state index contributed by atoms with van der Waals surface area (Å²) >= 11 is 4.18. The van der Waals surface area contributed by atoms with Gasteiger partial charge in [0.05, 0.1) is 0 Å². The molecule has 0 aromatic carbocycles. The van der Waals surface area contributed by atoms with Gasteiger partial charge in [0.25, 0.3) is 0 Å². The lowest BCUT2D eigenvalue weighted by molar-refractivity contribution is 1.12. The SMILES string of the molecule is Sc1cc2ncccn2c1. The minimum Gasteiger partial charge on any atom is -0.307 e. The van der Waals surface area contributed by atoms with Crippen LogP contribution in [0.4, 0.5) is 0 Å². The van der Waals surface area contributed by atoms with E-state index in [1.807, 2.05) is 28.9 Å². The topological polar surface area (TPSA) is 17.3 Å². The summed E-state index contributed by atoms with van der Waals surface area (Å²) in [5.41, 5.74) is 0.938. The van der Waals surface area contributed by atoms with Crippen molar-refractivity contribution < 1.29 is 0 Å². The van der Waals surface area contributed by atoms with Crippen molar-refractivity contribution in [3.8, 4) is 0 Å². The third kappa shape index (κ3) is 0.789. The number of aromatic nitrogens is 2. The molecule has 2 rings (SSSR count). The second-order valence-corrected chi connectivity index (χ2v) is 2.60. The van der Waals surface area contributed by atoms with Crippen LogP contribution in [-0.2, 0) is 0 Å². The van der Waals surface area contributed by atoms with Crippen molar-refractivity contribution in [2.24, 2.45) is 0 Å². The monoisotopic (exact) mass is 150 g/mol. The van der Waals surface area contributed by atoms with Crippen LogP contribution in [0.3, 0.4) is 0 Å². The van der Waals surface area contributed by atoms with Crippen LogP contribution in [-0.4, -0.2) is 9.38 Å². The van der Waals surface area contributed by atoms with Gasteiger partial charge < -0.3 is 4.40 Å². The summed E-state index contributed by atoms with van der Waals surface area (Å²) in [6.07, 6.45) is 5.63. The molecule has 0 saturated heterocycles. The normalized spacial score (nSPS) is 10.5. The fourth-order valence-corrected chi connectivity index (χ4v) is 1.17. The van der Waals surface area contributed by atoms with Gasteiger partial charge in [-0.2, -0.15) is 0 Å². The third-order valence-electron chi connectivity index (χ3n) is 1.35. The quantitative estimate of drug-likeness (QED) is 0.565. The van der Waals surface area contributed by atoms with E-state index in [9.17, 15) is 0 Å². The van der Waals surface area contributed by atoms with Gasteiger partial charge in [0.1, 0.15) is 5.65 Å². The van der Waals surface area contributed by atoms with Crippen molar-refractivity contribution >= 4 is 18.3 Å². The lowest BCUT2D eigenvalue weighted by Crippen LogP contribution is -1.80. The minimum absolute atomic E-state index is 0.938. The number of nitrogens with zero attached hydrogens (tertiary/aromatic N) is 2. The van der Waals surface area contributed by atoms with Crippen molar-refractivity contribution in [3.05, 3.63) is 30.7 Å². The molecule has 3 heteroatoms. The van der Waals surface area contributed by atoms with Crippen LogP contribution in [0.15, 0.2) is 35.6 Å². The summed E-state index contributed by atoms with van der Waals surface area (Å²) < 4.78 is 1.93. The molecule has 0 unspecified atom stereocenters. The van der Waals surface area contributed by atoms with Crippen LogP contribution in [0.25, 0.3) is 5.65 Å². The highest BCUT2D eigenvalue weighted by Crippen LogP contribution is 2.09. The Bertz CT molecular complexity index is 320. The third-order valence-corrected chi connectivity index (χ3v) is 1.60. The van der Waals surface area contributed by atoms with E-state index in [1.165, 1.54) is 0 Å². The van der Waals surface area contributed by atoms with Crippen molar-refractivity contribution in [2.45, 2.75) is 4.90 Å². The molecule has 0 spiro atoms. The van der Waals surface area contributed by atoms with Crippen molar-refractivity contribution in [3.63, 3.8) is 0 Å². The molecule has 0 bridgehead atoms.